The fourth-order valence-electron chi connectivity index (χ4n) is 2.02. The van der Waals surface area contributed by atoms with Crippen LogP contribution in [0.2, 0.25) is 0 Å². The van der Waals surface area contributed by atoms with E-state index in [1.807, 2.05) is 6.07 Å². The highest BCUT2D eigenvalue weighted by Gasteiger charge is 2.28. The Labute approximate surface area is 114 Å². The van der Waals surface area contributed by atoms with E-state index >= 15 is 0 Å². The molecule has 2 amide bonds. The van der Waals surface area contributed by atoms with Crippen LogP contribution in [0, 0.1) is 0 Å². The van der Waals surface area contributed by atoms with Gasteiger partial charge >= 0.3 is 0 Å². The number of carbonyl (C=O) groups is 2. The molecule has 0 radical (unpaired) electrons. The van der Waals surface area contributed by atoms with E-state index in [0.717, 1.165) is 17.3 Å². The molecule has 18 heavy (non-hydrogen) atoms. The molecule has 1 heterocycles. The molecule has 0 aromatic heterocycles. The fourth-order valence-corrected chi connectivity index (χ4v) is 2.37. The van der Waals surface area contributed by atoms with Gasteiger partial charge in [-0.25, -0.2) is 4.90 Å². The van der Waals surface area contributed by atoms with Gasteiger partial charge in [-0.15, -0.1) is 0 Å². The van der Waals surface area contributed by atoms with E-state index in [2.05, 4.69) is 15.9 Å². The van der Waals surface area contributed by atoms with Crippen LogP contribution in [-0.2, 0) is 9.59 Å². The van der Waals surface area contributed by atoms with Crippen LogP contribution in [0.25, 0.3) is 0 Å². The van der Waals surface area contributed by atoms with Crippen LogP contribution in [0.4, 0.5) is 5.69 Å². The van der Waals surface area contributed by atoms with Crippen LogP contribution >= 0.6 is 15.9 Å². The Balaban J connectivity index is 2.47. The molecule has 0 atom stereocenters. The lowest BCUT2D eigenvalue weighted by molar-refractivity contribution is -0.125. The third kappa shape index (κ3) is 2.56. The molecule has 4 nitrogen and oxygen atoms in total. The molecular formula is C13H14BrNO3. The van der Waals surface area contributed by atoms with Gasteiger partial charge in [0.15, 0.2) is 0 Å². The van der Waals surface area contributed by atoms with Gasteiger partial charge in [0.2, 0.25) is 11.8 Å². The molecule has 1 aromatic rings. The fraction of sp³-hybridized carbons (Fsp3) is 0.385. The Bertz CT molecular complexity index is 469. The topological polar surface area (TPSA) is 46.6 Å². The van der Waals surface area contributed by atoms with E-state index in [1.165, 1.54) is 12.0 Å². The molecule has 2 rings (SSSR count). The summed E-state index contributed by atoms with van der Waals surface area (Å²) in [6.07, 6.45) is 2.33. The van der Waals surface area contributed by atoms with Gasteiger partial charge in [-0.3, -0.25) is 9.59 Å². The second kappa shape index (κ2) is 5.52. The highest BCUT2D eigenvalue weighted by atomic mass is 79.9. The van der Waals surface area contributed by atoms with Crippen LogP contribution in [0.3, 0.4) is 0 Å². The molecule has 1 aliphatic heterocycles. The second-order valence-corrected chi connectivity index (χ2v) is 5.06. The highest BCUT2D eigenvalue weighted by molar-refractivity contribution is 9.10. The van der Waals surface area contributed by atoms with E-state index in [4.69, 9.17) is 4.74 Å². The van der Waals surface area contributed by atoms with E-state index < -0.39 is 0 Å². The summed E-state index contributed by atoms with van der Waals surface area (Å²) < 4.78 is 6.03. The summed E-state index contributed by atoms with van der Waals surface area (Å²) in [5, 5.41) is 0. The molecule has 5 heteroatoms. The number of halogens is 1. The van der Waals surface area contributed by atoms with Crippen molar-refractivity contribution in [1.82, 2.24) is 0 Å². The molecule has 1 aromatic carbocycles. The van der Waals surface area contributed by atoms with Crippen molar-refractivity contribution in [2.45, 2.75) is 25.7 Å². The third-order valence-corrected chi connectivity index (χ3v) is 3.41. The quantitative estimate of drug-likeness (QED) is 0.789. The standard InChI is InChI=1S/C13H14BrNO3/c1-18-11-7-6-9(14)8-10(11)15-12(16)4-2-3-5-13(15)17/h6-8H,2-5H2,1H3. The number of benzene rings is 1. The summed E-state index contributed by atoms with van der Waals surface area (Å²) >= 11 is 3.35. The summed E-state index contributed by atoms with van der Waals surface area (Å²) in [4.78, 5) is 25.3. The molecule has 0 bridgehead atoms. The second-order valence-electron chi connectivity index (χ2n) is 4.15. The summed E-state index contributed by atoms with van der Waals surface area (Å²) in [5.74, 6) is 0.213. The molecule has 0 spiro atoms. The average molecular weight is 312 g/mol. The SMILES string of the molecule is COc1ccc(Br)cc1N1C(=O)CCCCC1=O. The van der Waals surface area contributed by atoms with Crippen molar-refractivity contribution in [1.29, 1.82) is 0 Å². The van der Waals surface area contributed by atoms with Gasteiger partial charge in [0.1, 0.15) is 5.75 Å². The normalized spacial score (nSPS) is 16.7. The van der Waals surface area contributed by atoms with Crippen LogP contribution in [-0.4, -0.2) is 18.9 Å². The molecule has 1 aliphatic rings. The molecule has 0 N–H and O–H groups in total. The number of rotatable bonds is 2. The third-order valence-electron chi connectivity index (χ3n) is 2.91. The van der Waals surface area contributed by atoms with Crippen LogP contribution in [0.15, 0.2) is 22.7 Å². The van der Waals surface area contributed by atoms with Crippen LogP contribution in [0.5, 0.6) is 5.75 Å². The number of anilines is 1. The Morgan fingerprint density at radius 2 is 1.78 bits per heavy atom. The summed E-state index contributed by atoms with van der Waals surface area (Å²) in [7, 11) is 1.53. The van der Waals surface area contributed by atoms with Crippen molar-refractivity contribution in [3.05, 3.63) is 22.7 Å². The molecule has 0 saturated carbocycles. The minimum atomic E-state index is -0.158. The zero-order valence-corrected chi connectivity index (χ0v) is 11.7. The Morgan fingerprint density at radius 3 is 2.33 bits per heavy atom. The largest absolute Gasteiger partial charge is 0.495 e. The first-order chi connectivity index (χ1) is 8.63. The maximum Gasteiger partial charge on any atom is 0.233 e. The van der Waals surface area contributed by atoms with E-state index in [9.17, 15) is 9.59 Å². The Morgan fingerprint density at radius 1 is 1.17 bits per heavy atom. The monoisotopic (exact) mass is 311 g/mol. The minimum Gasteiger partial charge on any atom is -0.495 e. The number of amides is 2. The minimum absolute atomic E-state index is 0.158. The van der Waals surface area contributed by atoms with E-state index in [0.29, 0.717) is 24.3 Å². The van der Waals surface area contributed by atoms with Crippen molar-refractivity contribution in [2.75, 3.05) is 12.0 Å². The van der Waals surface area contributed by atoms with E-state index in [-0.39, 0.29) is 11.8 Å². The first kappa shape index (κ1) is 13.1. The summed E-state index contributed by atoms with van der Waals surface area (Å²) in [6, 6.07) is 5.29. The van der Waals surface area contributed by atoms with Gasteiger partial charge in [0.25, 0.3) is 0 Å². The number of hydrogen-bond donors (Lipinski definition) is 0. The maximum atomic E-state index is 12.0. The van der Waals surface area contributed by atoms with Crippen molar-refractivity contribution in [3.8, 4) is 5.75 Å². The van der Waals surface area contributed by atoms with Gasteiger partial charge in [-0.1, -0.05) is 15.9 Å². The predicted molar refractivity (Wildman–Crippen MR) is 71.7 cm³/mol. The lowest BCUT2D eigenvalue weighted by atomic mass is 10.2. The van der Waals surface area contributed by atoms with E-state index in [1.54, 1.807) is 12.1 Å². The molecule has 96 valence electrons. The van der Waals surface area contributed by atoms with Gasteiger partial charge < -0.3 is 4.74 Å². The first-order valence-corrected chi connectivity index (χ1v) is 6.62. The average Bonchev–Trinajstić information content (AvgIpc) is 2.50. The predicted octanol–water partition coefficient (Wildman–Crippen LogP) is 2.89. The highest BCUT2D eigenvalue weighted by Crippen LogP contribution is 2.33. The number of ether oxygens (including phenoxy) is 1. The number of imide groups is 1. The lowest BCUT2D eigenvalue weighted by Crippen LogP contribution is -2.35. The molecule has 0 unspecified atom stereocenters. The van der Waals surface area contributed by atoms with Crippen molar-refractivity contribution in [3.63, 3.8) is 0 Å². The van der Waals surface area contributed by atoms with Gasteiger partial charge in [-0.05, 0) is 31.0 Å². The number of hydrogen-bond acceptors (Lipinski definition) is 3. The van der Waals surface area contributed by atoms with Crippen molar-refractivity contribution < 1.29 is 14.3 Å². The number of carbonyl (C=O) groups excluding carboxylic acids is 2. The van der Waals surface area contributed by atoms with Gasteiger partial charge in [0, 0.05) is 17.3 Å². The number of nitrogens with zero attached hydrogens (tertiary/aromatic N) is 1. The molecule has 1 saturated heterocycles. The number of methoxy groups -OCH3 is 1. The summed E-state index contributed by atoms with van der Waals surface area (Å²) in [5.41, 5.74) is 0.517. The smallest absolute Gasteiger partial charge is 0.233 e. The van der Waals surface area contributed by atoms with Crippen LogP contribution in [0.1, 0.15) is 25.7 Å². The lowest BCUT2D eigenvalue weighted by Gasteiger charge is -2.21. The zero-order chi connectivity index (χ0) is 13.1. The molecular weight excluding hydrogens is 298 g/mol. The van der Waals surface area contributed by atoms with Crippen LogP contribution < -0.4 is 9.64 Å². The summed E-state index contributed by atoms with van der Waals surface area (Å²) in [6.45, 7) is 0. The Hall–Kier alpha value is -1.36. The van der Waals surface area contributed by atoms with Crippen molar-refractivity contribution in [2.24, 2.45) is 0 Å². The van der Waals surface area contributed by atoms with Gasteiger partial charge in [-0.2, -0.15) is 0 Å². The van der Waals surface area contributed by atoms with Gasteiger partial charge in [0.05, 0.1) is 12.8 Å². The van der Waals surface area contributed by atoms with Crippen molar-refractivity contribution >= 4 is 33.4 Å². The zero-order valence-electron chi connectivity index (χ0n) is 10.1. The maximum absolute atomic E-state index is 12.0. The molecule has 1 fully saturated rings. The molecule has 0 aliphatic carbocycles. The first-order valence-electron chi connectivity index (χ1n) is 5.83. The Kier molecular flexibility index (Phi) is 4.01.